The number of nitrogens with zero attached hydrogens (tertiary/aromatic N) is 5. The van der Waals surface area contributed by atoms with Crippen LogP contribution < -0.4 is 5.56 Å². The Morgan fingerprint density at radius 2 is 1.88 bits per heavy atom. The van der Waals surface area contributed by atoms with Crippen molar-refractivity contribution >= 4 is 10.9 Å². The molecule has 0 spiro atoms. The van der Waals surface area contributed by atoms with Gasteiger partial charge in [-0.2, -0.15) is 0 Å². The van der Waals surface area contributed by atoms with Crippen LogP contribution in [0.2, 0.25) is 0 Å². The predicted octanol–water partition coefficient (Wildman–Crippen LogP) is 3.83. The van der Waals surface area contributed by atoms with Crippen molar-refractivity contribution in [2.75, 3.05) is 13.1 Å². The minimum Gasteiger partial charge on any atom is -0.322 e. The molecule has 1 aliphatic rings. The van der Waals surface area contributed by atoms with Crippen LogP contribution in [-0.4, -0.2) is 43.2 Å². The molecule has 1 fully saturated rings. The van der Waals surface area contributed by atoms with Crippen molar-refractivity contribution in [3.63, 3.8) is 0 Å². The van der Waals surface area contributed by atoms with Crippen LogP contribution in [-0.2, 0) is 6.54 Å². The highest BCUT2D eigenvalue weighted by Crippen LogP contribution is 2.31. The number of hydrogen-bond donors (Lipinski definition) is 1. The Hall–Kier alpha value is -3.39. The number of rotatable bonds is 5. The van der Waals surface area contributed by atoms with E-state index < -0.39 is 0 Å². The van der Waals surface area contributed by atoms with E-state index in [1.807, 2.05) is 25.1 Å². The second-order valence-electron chi connectivity index (χ2n) is 9.09. The van der Waals surface area contributed by atoms with Crippen LogP contribution in [0.25, 0.3) is 10.9 Å². The molecule has 1 saturated heterocycles. The van der Waals surface area contributed by atoms with Crippen molar-refractivity contribution < 1.29 is 4.39 Å². The van der Waals surface area contributed by atoms with E-state index in [0.29, 0.717) is 23.9 Å². The van der Waals surface area contributed by atoms with Crippen LogP contribution in [0.4, 0.5) is 4.39 Å². The van der Waals surface area contributed by atoms with E-state index in [9.17, 15) is 9.18 Å². The van der Waals surface area contributed by atoms with Gasteiger partial charge >= 0.3 is 0 Å². The molecule has 0 amide bonds. The van der Waals surface area contributed by atoms with Gasteiger partial charge in [0.15, 0.2) is 5.82 Å². The molecule has 4 aromatic rings. The number of pyridine rings is 1. The number of fused-ring (bicyclic) bond motifs is 1. The summed E-state index contributed by atoms with van der Waals surface area (Å²) in [5.41, 5.74) is 3.33. The summed E-state index contributed by atoms with van der Waals surface area (Å²) >= 11 is 0. The zero-order chi connectivity index (χ0) is 22.9. The molecule has 2 aromatic carbocycles. The standard InChI is InChI=1S/C25H27FN6O/c1-16-9-11-31(12-10-16)23(21-14-19-13-17(2)3-8-22(19)27-25(21)33)24-28-29-30-32(24)15-18-4-6-20(26)7-5-18/h3-8,13-14,16,23H,9-12,15H2,1-2H3,(H,27,33)/t23-/m0/s1. The summed E-state index contributed by atoms with van der Waals surface area (Å²) in [7, 11) is 0. The number of hydrogen-bond acceptors (Lipinski definition) is 5. The van der Waals surface area contributed by atoms with Gasteiger partial charge in [0, 0.05) is 11.1 Å². The number of nitrogens with one attached hydrogen (secondary N) is 1. The number of H-pyrrole nitrogens is 1. The number of halogens is 1. The summed E-state index contributed by atoms with van der Waals surface area (Å²) < 4.78 is 15.1. The summed E-state index contributed by atoms with van der Waals surface area (Å²) in [4.78, 5) is 18.6. The van der Waals surface area contributed by atoms with E-state index in [-0.39, 0.29) is 17.4 Å². The minimum atomic E-state index is -0.374. The number of tetrazole rings is 1. The van der Waals surface area contributed by atoms with Crippen molar-refractivity contribution in [2.45, 2.75) is 39.3 Å². The highest BCUT2D eigenvalue weighted by molar-refractivity contribution is 5.79. The van der Waals surface area contributed by atoms with Gasteiger partial charge in [0.2, 0.25) is 0 Å². The van der Waals surface area contributed by atoms with Crippen molar-refractivity contribution in [2.24, 2.45) is 5.92 Å². The van der Waals surface area contributed by atoms with Crippen LogP contribution in [0.15, 0.2) is 53.3 Å². The van der Waals surface area contributed by atoms with Gasteiger partial charge in [-0.15, -0.1) is 5.10 Å². The molecular formula is C25H27FN6O. The molecule has 0 unspecified atom stereocenters. The highest BCUT2D eigenvalue weighted by Gasteiger charge is 2.32. The Morgan fingerprint density at radius 3 is 2.64 bits per heavy atom. The second-order valence-corrected chi connectivity index (χ2v) is 9.09. The monoisotopic (exact) mass is 446 g/mol. The summed E-state index contributed by atoms with van der Waals surface area (Å²) in [6, 6.07) is 13.9. The molecule has 170 valence electrons. The van der Waals surface area contributed by atoms with Gasteiger partial charge in [-0.05, 0) is 90.5 Å². The van der Waals surface area contributed by atoms with Gasteiger partial charge in [-0.25, -0.2) is 9.07 Å². The Bertz CT molecular complexity index is 1320. The molecule has 1 N–H and O–H groups in total. The maximum absolute atomic E-state index is 13.4. The molecular weight excluding hydrogens is 419 g/mol. The molecule has 7 nitrogen and oxygen atoms in total. The molecule has 5 rings (SSSR count). The van der Waals surface area contributed by atoms with E-state index in [4.69, 9.17) is 0 Å². The Kier molecular flexibility index (Phi) is 5.76. The van der Waals surface area contributed by atoms with Crippen molar-refractivity contribution in [3.8, 4) is 0 Å². The molecule has 1 aliphatic heterocycles. The lowest BCUT2D eigenvalue weighted by Gasteiger charge is -2.35. The number of aryl methyl sites for hydroxylation is 1. The third-order valence-electron chi connectivity index (χ3n) is 6.56. The van der Waals surface area contributed by atoms with Crippen LogP contribution in [0.5, 0.6) is 0 Å². The number of likely N-dealkylation sites (tertiary alicyclic amines) is 1. The van der Waals surface area contributed by atoms with Crippen LogP contribution >= 0.6 is 0 Å². The van der Waals surface area contributed by atoms with Crippen molar-refractivity contribution in [1.29, 1.82) is 0 Å². The average molecular weight is 447 g/mol. The molecule has 2 aromatic heterocycles. The first-order valence-electron chi connectivity index (χ1n) is 11.4. The zero-order valence-electron chi connectivity index (χ0n) is 18.8. The van der Waals surface area contributed by atoms with E-state index >= 15 is 0 Å². The van der Waals surface area contributed by atoms with Gasteiger partial charge in [-0.1, -0.05) is 30.7 Å². The third kappa shape index (κ3) is 4.43. The van der Waals surface area contributed by atoms with Crippen molar-refractivity contribution in [3.05, 3.63) is 87.2 Å². The lowest BCUT2D eigenvalue weighted by Crippen LogP contribution is -2.40. The zero-order valence-corrected chi connectivity index (χ0v) is 18.8. The van der Waals surface area contributed by atoms with E-state index in [2.05, 4.69) is 38.4 Å². The molecule has 8 heteroatoms. The summed E-state index contributed by atoms with van der Waals surface area (Å²) in [6.45, 7) is 6.42. The molecule has 0 bridgehead atoms. The molecule has 0 radical (unpaired) electrons. The minimum absolute atomic E-state index is 0.133. The SMILES string of the molecule is Cc1ccc2[nH]c(=O)c([C@@H](c3nnnn3Cc3ccc(F)cc3)N3CCC(C)CC3)cc2c1. The first-order valence-corrected chi connectivity index (χ1v) is 11.4. The number of piperidine rings is 1. The smallest absolute Gasteiger partial charge is 0.253 e. The molecule has 33 heavy (non-hydrogen) atoms. The van der Waals surface area contributed by atoms with Gasteiger partial charge in [0.25, 0.3) is 5.56 Å². The Balaban J connectivity index is 1.60. The first kappa shape index (κ1) is 21.5. The molecule has 3 heterocycles. The van der Waals surface area contributed by atoms with E-state index in [1.54, 1.807) is 16.8 Å². The molecule has 0 saturated carbocycles. The Labute approximate surface area is 191 Å². The third-order valence-corrected chi connectivity index (χ3v) is 6.56. The first-order chi connectivity index (χ1) is 16.0. The second kappa shape index (κ2) is 8.86. The van der Waals surface area contributed by atoms with Gasteiger partial charge in [-0.3, -0.25) is 9.69 Å². The Morgan fingerprint density at radius 1 is 1.12 bits per heavy atom. The molecule has 0 aliphatic carbocycles. The maximum Gasteiger partial charge on any atom is 0.253 e. The fourth-order valence-electron chi connectivity index (χ4n) is 4.61. The van der Waals surface area contributed by atoms with Crippen molar-refractivity contribution in [1.82, 2.24) is 30.1 Å². The number of benzene rings is 2. The largest absolute Gasteiger partial charge is 0.322 e. The topological polar surface area (TPSA) is 79.7 Å². The van der Waals surface area contributed by atoms with E-state index in [1.165, 1.54) is 12.1 Å². The van der Waals surface area contributed by atoms with Crippen LogP contribution in [0, 0.1) is 18.7 Å². The summed E-state index contributed by atoms with van der Waals surface area (Å²) in [5, 5.41) is 13.5. The summed E-state index contributed by atoms with van der Waals surface area (Å²) in [6.07, 6.45) is 2.11. The fourth-order valence-corrected chi connectivity index (χ4v) is 4.61. The number of aromatic amines is 1. The quantitative estimate of drug-likeness (QED) is 0.504. The average Bonchev–Trinajstić information content (AvgIpc) is 3.25. The van der Waals surface area contributed by atoms with Crippen LogP contribution in [0.3, 0.4) is 0 Å². The van der Waals surface area contributed by atoms with Gasteiger partial charge in [0.1, 0.15) is 11.9 Å². The van der Waals surface area contributed by atoms with Gasteiger partial charge < -0.3 is 4.98 Å². The van der Waals surface area contributed by atoms with Gasteiger partial charge in [0.05, 0.1) is 6.54 Å². The summed E-state index contributed by atoms with van der Waals surface area (Å²) in [5.74, 6) is 0.982. The maximum atomic E-state index is 13.4. The van der Waals surface area contributed by atoms with Crippen LogP contribution in [0.1, 0.15) is 48.3 Å². The number of aromatic nitrogens is 5. The molecule has 1 atom stereocenters. The predicted molar refractivity (Wildman–Crippen MR) is 124 cm³/mol. The lowest BCUT2D eigenvalue weighted by atomic mass is 9.95. The lowest BCUT2D eigenvalue weighted by molar-refractivity contribution is 0.149. The normalized spacial score (nSPS) is 16.3. The fraction of sp³-hybridized carbons (Fsp3) is 0.360. The highest BCUT2D eigenvalue weighted by atomic mass is 19.1. The van der Waals surface area contributed by atoms with E-state index in [0.717, 1.165) is 48.0 Å².